The number of carbonyl (C=O) groups is 2. The molecule has 1 aliphatic carbocycles. The van der Waals surface area contributed by atoms with Crippen LogP contribution in [0.15, 0.2) is 42.6 Å². The normalized spacial score (nSPS) is 18.0. The number of pyridine rings is 1. The van der Waals surface area contributed by atoms with E-state index in [2.05, 4.69) is 4.98 Å². The topological polar surface area (TPSA) is 59.5 Å². The zero-order chi connectivity index (χ0) is 24.4. The van der Waals surface area contributed by atoms with Crippen LogP contribution in [0.4, 0.5) is 26.3 Å². The molecule has 0 N–H and O–H groups in total. The van der Waals surface area contributed by atoms with Crippen molar-refractivity contribution in [3.05, 3.63) is 65.0 Å². The quantitative estimate of drug-likeness (QED) is 0.421. The van der Waals surface area contributed by atoms with Gasteiger partial charge in [-0.3, -0.25) is 14.6 Å². The monoisotopic (exact) mass is 474 g/mol. The average molecular weight is 474 g/mol. The number of halogens is 6. The molecule has 11 heteroatoms. The Morgan fingerprint density at radius 2 is 1.70 bits per heavy atom. The average Bonchev–Trinajstić information content (AvgIpc) is 3.51. The molecule has 0 aliphatic heterocycles. The van der Waals surface area contributed by atoms with Crippen LogP contribution < -0.4 is 0 Å². The van der Waals surface area contributed by atoms with E-state index in [1.54, 1.807) is 13.0 Å². The van der Waals surface area contributed by atoms with Crippen molar-refractivity contribution in [2.75, 3.05) is 13.2 Å². The molecule has 0 spiro atoms. The lowest BCUT2D eigenvalue weighted by Crippen LogP contribution is -2.34. The second-order valence-electron chi connectivity index (χ2n) is 7.67. The molecular formula is C22H20F6N2O3. The number of hydrogen-bond donors (Lipinski definition) is 0. The third-order valence-electron chi connectivity index (χ3n) is 5.16. The van der Waals surface area contributed by atoms with E-state index in [4.69, 9.17) is 4.74 Å². The lowest BCUT2D eigenvalue weighted by atomic mass is 10.0. The molecule has 0 saturated heterocycles. The van der Waals surface area contributed by atoms with Gasteiger partial charge in [0.1, 0.15) is 5.69 Å². The summed E-state index contributed by atoms with van der Waals surface area (Å²) in [5.41, 5.74) is -3.29. The molecule has 1 aromatic heterocycles. The van der Waals surface area contributed by atoms with Gasteiger partial charge in [0, 0.05) is 19.3 Å². The second kappa shape index (κ2) is 9.40. The van der Waals surface area contributed by atoms with Crippen LogP contribution in [-0.4, -0.2) is 34.9 Å². The summed E-state index contributed by atoms with van der Waals surface area (Å²) in [5.74, 6) is -1.91. The molecule has 2 aromatic rings. The molecular weight excluding hydrogens is 454 g/mol. The van der Waals surface area contributed by atoms with Gasteiger partial charge in [0.2, 0.25) is 0 Å². The summed E-state index contributed by atoms with van der Waals surface area (Å²) in [7, 11) is 0. The van der Waals surface area contributed by atoms with E-state index in [1.165, 1.54) is 18.3 Å². The van der Waals surface area contributed by atoms with Crippen LogP contribution >= 0.6 is 0 Å². The smallest absolute Gasteiger partial charge is 0.416 e. The first-order valence-corrected chi connectivity index (χ1v) is 10.1. The van der Waals surface area contributed by atoms with Crippen molar-refractivity contribution in [2.45, 2.75) is 32.2 Å². The zero-order valence-corrected chi connectivity index (χ0v) is 17.4. The number of hydrogen-bond acceptors (Lipinski definition) is 4. The number of carbonyl (C=O) groups excluding carboxylic acids is 2. The first kappa shape index (κ1) is 24.5. The molecule has 1 heterocycles. The molecule has 1 aromatic carbocycles. The standard InChI is InChI=1S/C22H20F6N2O3/c1-2-33-20(32)17-9-14(17)12-30(19(31)18-5-3-4-6-29-18)11-13-7-15(21(23,24)25)10-16(8-13)22(26,27)28/h3-8,10,14,17H,2,9,11-12H2,1H3. The van der Waals surface area contributed by atoms with Gasteiger partial charge >= 0.3 is 18.3 Å². The van der Waals surface area contributed by atoms with Crippen molar-refractivity contribution in [1.82, 2.24) is 9.88 Å². The van der Waals surface area contributed by atoms with E-state index in [-0.39, 0.29) is 36.4 Å². The van der Waals surface area contributed by atoms with Gasteiger partial charge in [0.05, 0.1) is 23.7 Å². The van der Waals surface area contributed by atoms with Gasteiger partial charge in [-0.05, 0) is 55.2 Å². The molecule has 33 heavy (non-hydrogen) atoms. The van der Waals surface area contributed by atoms with Gasteiger partial charge in [0.25, 0.3) is 5.91 Å². The highest BCUT2D eigenvalue weighted by molar-refractivity contribution is 5.92. The zero-order valence-electron chi connectivity index (χ0n) is 17.4. The third kappa shape index (κ3) is 6.23. The van der Waals surface area contributed by atoms with E-state index < -0.39 is 47.8 Å². The highest BCUT2D eigenvalue weighted by Gasteiger charge is 2.46. The summed E-state index contributed by atoms with van der Waals surface area (Å²) >= 11 is 0. The van der Waals surface area contributed by atoms with E-state index in [0.29, 0.717) is 18.6 Å². The molecule has 1 aliphatic rings. The lowest BCUT2D eigenvalue weighted by molar-refractivity contribution is -0.145. The Kier molecular flexibility index (Phi) is 6.99. The maximum Gasteiger partial charge on any atom is 0.416 e. The number of alkyl halides is 6. The van der Waals surface area contributed by atoms with Crippen molar-refractivity contribution in [1.29, 1.82) is 0 Å². The minimum atomic E-state index is -5.00. The van der Waals surface area contributed by atoms with E-state index in [0.717, 1.165) is 4.90 Å². The van der Waals surface area contributed by atoms with Crippen LogP contribution in [0.1, 0.15) is 40.5 Å². The largest absolute Gasteiger partial charge is 0.466 e. The minimum Gasteiger partial charge on any atom is -0.466 e. The molecule has 3 rings (SSSR count). The van der Waals surface area contributed by atoms with E-state index >= 15 is 0 Å². The van der Waals surface area contributed by atoms with Gasteiger partial charge in [0.15, 0.2) is 0 Å². The summed E-state index contributed by atoms with van der Waals surface area (Å²) in [6.07, 6.45) is -8.26. The van der Waals surface area contributed by atoms with Crippen LogP contribution in [0.25, 0.3) is 0 Å². The van der Waals surface area contributed by atoms with Gasteiger partial charge in [-0.1, -0.05) is 6.07 Å². The second-order valence-corrected chi connectivity index (χ2v) is 7.67. The Morgan fingerprint density at radius 1 is 1.06 bits per heavy atom. The summed E-state index contributed by atoms with van der Waals surface area (Å²) in [6.45, 7) is 1.24. The number of ether oxygens (including phenoxy) is 1. The number of esters is 1. The Balaban J connectivity index is 1.91. The van der Waals surface area contributed by atoms with Crippen molar-refractivity contribution in [2.24, 2.45) is 11.8 Å². The minimum absolute atomic E-state index is 0.0196. The fraction of sp³-hybridized carbons (Fsp3) is 0.409. The van der Waals surface area contributed by atoms with Gasteiger partial charge in [-0.25, -0.2) is 0 Å². The van der Waals surface area contributed by atoms with E-state index in [1.807, 2.05) is 0 Å². The summed E-state index contributed by atoms with van der Waals surface area (Å²) in [4.78, 5) is 29.9. The Hall–Kier alpha value is -3.11. The summed E-state index contributed by atoms with van der Waals surface area (Å²) < 4.78 is 84.3. The summed E-state index contributed by atoms with van der Waals surface area (Å²) in [5, 5.41) is 0. The Labute approximate surface area is 185 Å². The van der Waals surface area contributed by atoms with Crippen LogP contribution in [0.3, 0.4) is 0 Å². The number of rotatable bonds is 7. The predicted molar refractivity (Wildman–Crippen MR) is 104 cm³/mol. The van der Waals surface area contributed by atoms with Gasteiger partial charge in [-0.2, -0.15) is 26.3 Å². The summed E-state index contributed by atoms with van der Waals surface area (Å²) in [6, 6.07) is 5.68. The fourth-order valence-electron chi connectivity index (χ4n) is 3.47. The maximum atomic E-state index is 13.2. The van der Waals surface area contributed by atoms with E-state index in [9.17, 15) is 35.9 Å². The highest BCUT2D eigenvalue weighted by atomic mass is 19.4. The Morgan fingerprint density at radius 3 is 2.21 bits per heavy atom. The predicted octanol–water partition coefficient (Wildman–Crippen LogP) is 4.96. The molecule has 0 bridgehead atoms. The molecule has 5 nitrogen and oxygen atoms in total. The van der Waals surface area contributed by atoms with Gasteiger partial charge < -0.3 is 9.64 Å². The number of benzene rings is 1. The van der Waals surface area contributed by atoms with Crippen LogP contribution in [0.5, 0.6) is 0 Å². The van der Waals surface area contributed by atoms with Crippen LogP contribution in [-0.2, 0) is 28.4 Å². The molecule has 0 radical (unpaired) electrons. The molecule has 1 amide bonds. The fourth-order valence-corrected chi connectivity index (χ4v) is 3.47. The van der Waals surface area contributed by atoms with Crippen molar-refractivity contribution >= 4 is 11.9 Å². The molecule has 1 fully saturated rings. The Bertz CT molecular complexity index is 975. The van der Waals surface area contributed by atoms with Gasteiger partial charge in [-0.15, -0.1) is 0 Å². The lowest BCUT2D eigenvalue weighted by Gasteiger charge is -2.24. The van der Waals surface area contributed by atoms with Crippen molar-refractivity contribution in [3.8, 4) is 0 Å². The van der Waals surface area contributed by atoms with Crippen molar-refractivity contribution in [3.63, 3.8) is 0 Å². The molecule has 1 saturated carbocycles. The molecule has 2 atom stereocenters. The van der Waals surface area contributed by atoms with Crippen LogP contribution in [0.2, 0.25) is 0 Å². The SMILES string of the molecule is CCOC(=O)C1CC1CN(Cc1cc(C(F)(F)F)cc(C(F)(F)F)c1)C(=O)c1ccccn1. The number of amides is 1. The third-order valence-corrected chi connectivity index (χ3v) is 5.16. The number of nitrogens with zero attached hydrogens (tertiary/aromatic N) is 2. The first-order chi connectivity index (χ1) is 15.4. The molecule has 2 unspecified atom stereocenters. The maximum absolute atomic E-state index is 13.2. The molecule has 178 valence electrons. The van der Waals surface area contributed by atoms with Crippen LogP contribution in [0, 0.1) is 11.8 Å². The highest BCUT2D eigenvalue weighted by Crippen LogP contribution is 2.41. The first-order valence-electron chi connectivity index (χ1n) is 10.1. The van der Waals surface area contributed by atoms with Crippen molar-refractivity contribution < 1.29 is 40.7 Å². The number of aromatic nitrogens is 1.